The smallest absolute Gasteiger partial charge is 0.0992 e. The summed E-state index contributed by atoms with van der Waals surface area (Å²) in [6.07, 6.45) is 18.4. The number of nitriles is 1. The monoisotopic (exact) mass is 531 g/mol. The number of allylic oxidation sites excluding steroid dienone is 6. The Bertz CT molecular complexity index is 1710. The van der Waals surface area contributed by atoms with E-state index < -0.39 is 0 Å². The van der Waals surface area contributed by atoms with E-state index in [1.807, 2.05) is 73.7 Å². The van der Waals surface area contributed by atoms with Crippen molar-refractivity contribution in [2.45, 2.75) is 18.9 Å². The number of aryl methyl sites for hydroxylation is 1. The van der Waals surface area contributed by atoms with Gasteiger partial charge in [0, 0.05) is 28.5 Å². The fraction of sp³-hybridized carbons (Fsp3) is 0.0789. The maximum absolute atomic E-state index is 9.26. The number of nitrogens with two attached hydrogens (primary N) is 1. The largest absolute Gasteiger partial charge is 0.398 e. The number of benzene rings is 4. The predicted molar refractivity (Wildman–Crippen MR) is 174 cm³/mol. The zero-order chi connectivity index (χ0) is 28.6. The van der Waals surface area contributed by atoms with Crippen molar-refractivity contribution in [3.05, 3.63) is 168 Å². The van der Waals surface area contributed by atoms with Crippen LogP contribution in [0.3, 0.4) is 0 Å². The minimum Gasteiger partial charge on any atom is -0.398 e. The van der Waals surface area contributed by atoms with Gasteiger partial charge in [0.05, 0.1) is 17.7 Å². The molecule has 0 spiro atoms. The molecule has 3 heteroatoms. The second kappa shape index (κ2) is 12.7. The van der Waals surface area contributed by atoms with Crippen molar-refractivity contribution in [1.82, 2.24) is 0 Å². The zero-order valence-corrected chi connectivity index (χ0v) is 23.2. The number of nitrogens with zero attached hydrogens (tertiary/aromatic N) is 2. The summed E-state index contributed by atoms with van der Waals surface area (Å²) in [5.41, 5.74) is 15.7. The van der Waals surface area contributed by atoms with Crippen molar-refractivity contribution >= 4 is 23.1 Å². The van der Waals surface area contributed by atoms with Crippen LogP contribution in [0, 0.1) is 18.3 Å². The van der Waals surface area contributed by atoms with Gasteiger partial charge in [-0.1, -0.05) is 122 Å². The third kappa shape index (κ3) is 5.98. The highest BCUT2D eigenvalue weighted by atomic mass is 15.2. The second-order valence-corrected chi connectivity index (χ2v) is 10.0. The fourth-order valence-electron chi connectivity index (χ4n) is 5.49. The van der Waals surface area contributed by atoms with Gasteiger partial charge in [-0.05, 0) is 59.5 Å². The number of anilines is 3. The Morgan fingerprint density at radius 2 is 1.56 bits per heavy atom. The van der Waals surface area contributed by atoms with Crippen LogP contribution in [0.2, 0.25) is 0 Å². The first kappa shape index (κ1) is 27.2. The fourth-order valence-corrected chi connectivity index (χ4v) is 5.49. The molecule has 2 N–H and O–H groups in total. The van der Waals surface area contributed by atoms with Crippen LogP contribution >= 0.6 is 0 Å². The van der Waals surface area contributed by atoms with Crippen molar-refractivity contribution in [2.75, 3.05) is 10.6 Å². The topological polar surface area (TPSA) is 53.1 Å². The summed E-state index contributed by atoms with van der Waals surface area (Å²) in [7, 11) is 0. The standard InChI is InChI=1S/C20H16N2.C18H17N/c1-14-10-15(13-21)12-16(11-14)22-19-8-4-2-6-17(19)18-7-3-5-9-20(18)22;1-2-3-4-5-10-15-11-6-7-12-16(15)17-13-8-9-14-18(17)19/h2-12,17,19H,1H3;2-14H,1,19H2/b;4-3-,10-5-. The van der Waals surface area contributed by atoms with E-state index in [-0.39, 0.29) is 6.04 Å². The van der Waals surface area contributed by atoms with Gasteiger partial charge < -0.3 is 10.6 Å². The van der Waals surface area contributed by atoms with Gasteiger partial charge >= 0.3 is 0 Å². The molecule has 6 rings (SSSR count). The number of rotatable bonds is 5. The molecule has 0 saturated carbocycles. The second-order valence-electron chi connectivity index (χ2n) is 10.0. The Kier molecular flexibility index (Phi) is 8.43. The lowest BCUT2D eigenvalue weighted by Crippen LogP contribution is -2.28. The van der Waals surface area contributed by atoms with Crippen molar-refractivity contribution in [1.29, 1.82) is 5.26 Å². The molecule has 1 aliphatic heterocycles. The molecule has 2 aliphatic rings. The first-order chi connectivity index (χ1) is 20.1. The quantitative estimate of drug-likeness (QED) is 0.206. The molecular formula is C38H33N3. The molecule has 0 radical (unpaired) electrons. The van der Waals surface area contributed by atoms with Crippen molar-refractivity contribution in [2.24, 2.45) is 0 Å². The average Bonchev–Trinajstić information content (AvgIpc) is 3.34. The van der Waals surface area contributed by atoms with E-state index in [1.54, 1.807) is 6.08 Å². The molecule has 1 heterocycles. The van der Waals surface area contributed by atoms with Crippen LogP contribution in [0.25, 0.3) is 17.2 Å². The molecule has 0 saturated heterocycles. The highest BCUT2D eigenvalue weighted by molar-refractivity contribution is 5.83. The normalized spacial score (nSPS) is 16.6. The highest BCUT2D eigenvalue weighted by Gasteiger charge is 2.37. The van der Waals surface area contributed by atoms with Gasteiger partial charge in [0.1, 0.15) is 0 Å². The Labute approximate surface area is 243 Å². The molecule has 0 bridgehead atoms. The Hall–Kier alpha value is -5.33. The van der Waals surface area contributed by atoms with Gasteiger partial charge in [-0.15, -0.1) is 0 Å². The van der Waals surface area contributed by atoms with Gasteiger partial charge in [-0.25, -0.2) is 0 Å². The third-order valence-electron chi connectivity index (χ3n) is 7.27. The van der Waals surface area contributed by atoms with Gasteiger partial charge in [0.15, 0.2) is 0 Å². The van der Waals surface area contributed by atoms with E-state index in [2.05, 4.69) is 90.4 Å². The predicted octanol–water partition coefficient (Wildman–Crippen LogP) is 9.29. The number of fused-ring (bicyclic) bond motifs is 3. The number of nitrogen functional groups attached to an aromatic ring is 1. The summed E-state index contributed by atoms with van der Waals surface area (Å²) in [6, 6.07) is 33.3. The summed E-state index contributed by atoms with van der Waals surface area (Å²) in [4.78, 5) is 2.36. The van der Waals surface area contributed by atoms with E-state index in [0.29, 0.717) is 11.5 Å². The first-order valence-electron chi connectivity index (χ1n) is 13.8. The molecule has 200 valence electrons. The summed E-state index contributed by atoms with van der Waals surface area (Å²) in [5, 5.41) is 9.26. The molecule has 41 heavy (non-hydrogen) atoms. The molecule has 4 aromatic carbocycles. The lowest BCUT2D eigenvalue weighted by molar-refractivity contribution is 0.744. The SMILES string of the molecule is C=C/C=C\C=C/c1ccccc1-c1ccccc1N.Cc1cc(C#N)cc(N2c3ccccc3C3C=CC=CC32)c1. The van der Waals surface area contributed by atoms with Crippen LogP contribution in [-0.2, 0) is 0 Å². The maximum atomic E-state index is 9.26. The van der Waals surface area contributed by atoms with Crippen molar-refractivity contribution in [3.8, 4) is 17.2 Å². The van der Waals surface area contributed by atoms with Crippen LogP contribution in [0.5, 0.6) is 0 Å². The Morgan fingerprint density at radius 3 is 2.37 bits per heavy atom. The van der Waals surface area contributed by atoms with Crippen molar-refractivity contribution < 1.29 is 0 Å². The lowest BCUT2D eigenvalue weighted by Gasteiger charge is -2.29. The molecule has 1 aliphatic carbocycles. The van der Waals surface area contributed by atoms with Crippen LogP contribution in [0.4, 0.5) is 17.1 Å². The minimum atomic E-state index is 0.288. The van der Waals surface area contributed by atoms with E-state index in [1.165, 1.54) is 11.3 Å². The van der Waals surface area contributed by atoms with Crippen LogP contribution in [-0.4, -0.2) is 6.04 Å². The van der Waals surface area contributed by atoms with Gasteiger partial charge in [-0.3, -0.25) is 0 Å². The van der Waals surface area contributed by atoms with Crippen LogP contribution in [0.15, 0.2) is 146 Å². The summed E-state index contributed by atoms with van der Waals surface area (Å²) in [6.45, 7) is 5.69. The summed E-state index contributed by atoms with van der Waals surface area (Å²) >= 11 is 0. The van der Waals surface area contributed by atoms with E-state index in [4.69, 9.17) is 5.73 Å². The Balaban J connectivity index is 0.000000167. The number of para-hydroxylation sites is 2. The maximum Gasteiger partial charge on any atom is 0.0992 e. The highest BCUT2D eigenvalue weighted by Crippen LogP contribution is 2.47. The molecule has 4 aromatic rings. The molecule has 2 unspecified atom stereocenters. The van der Waals surface area contributed by atoms with Gasteiger partial charge in [0.2, 0.25) is 0 Å². The van der Waals surface area contributed by atoms with Crippen LogP contribution in [0.1, 0.15) is 28.2 Å². The molecule has 2 atom stereocenters. The Morgan fingerprint density at radius 1 is 0.829 bits per heavy atom. The first-order valence-corrected chi connectivity index (χ1v) is 13.8. The third-order valence-corrected chi connectivity index (χ3v) is 7.27. The van der Waals surface area contributed by atoms with E-state index in [0.717, 1.165) is 33.6 Å². The van der Waals surface area contributed by atoms with Gasteiger partial charge in [-0.2, -0.15) is 5.26 Å². The van der Waals surface area contributed by atoms with Crippen molar-refractivity contribution in [3.63, 3.8) is 0 Å². The molecule has 0 amide bonds. The average molecular weight is 532 g/mol. The molecular weight excluding hydrogens is 498 g/mol. The number of hydrogen-bond donors (Lipinski definition) is 1. The lowest BCUT2D eigenvalue weighted by atomic mass is 9.91. The molecule has 0 aromatic heterocycles. The zero-order valence-electron chi connectivity index (χ0n) is 23.2. The molecule has 0 fully saturated rings. The van der Waals surface area contributed by atoms with E-state index >= 15 is 0 Å². The molecule has 3 nitrogen and oxygen atoms in total. The minimum absolute atomic E-state index is 0.288. The number of hydrogen-bond acceptors (Lipinski definition) is 3. The summed E-state index contributed by atoms with van der Waals surface area (Å²) in [5.74, 6) is 0.382. The van der Waals surface area contributed by atoms with Gasteiger partial charge in [0.25, 0.3) is 0 Å². The van der Waals surface area contributed by atoms with Crippen LogP contribution < -0.4 is 10.6 Å². The summed E-state index contributed by atoms with van der Waals surface area (Å²) < 4.78 is 0. The van der Waals surface area contributed by atoms with E-state index in [9.17, 15) is 5.26 Å².